The first-order valence-electron chi connectivity index (χ1n) is 4.65. The van der Waals surface area contributed by atoms with Gasteiger partial charge in [0.25, 0.3) is 0 Å². The van der Waals surface area contributed by atoms with E-state index in [1.807, 2.05) is 39.0 Å². The van der Waals surface area contributed by atoms with E-state index < -0.39 is 0 Å². The summed E-state index contributed by atoms with van der Waals surface area (Å²) >= 11 is 0. The van der Waals surface area contributed by atoms with Gasteiger partial charge in [0.1, 0.15) is 0 Å². The molecule has 0 aliphatic carbocycles. The van der Waals surface area contributed by atoms with Gasteiger partial charge in [-0.3, -0.25) is 4.79 Å². The van der Waals surface area contributed by atoms with Crippen LogP contribution in [0.15, 0.2) is 47.6 Å². The van der Waals surface area contributed by atoms with Crippen molar-refractivity contribution in [3.05, 3.63) is 47.6 Å². The summed E-state index contributed by atoms with van der Waals surface area (Å²) in [6.45, 7) is 11.0. The number of ketones is 1. The maximum atomic E-state index is 11.0. The number of carbonyl (C=O) groups is 1. The predicted molar refractivity (Wildman–Crippen MR) is 62.1 cm³/mol. The molecule has 0 aromatic heterocycles. The molecule has 0 radical (unpaired) electrons. The zero-order valence-corrected chi connectivity index (χ0v) is 9.42. The van der Waals surface area contributed by atoms with Gasteiger partial charge >= 0.3 is 0 Å². The molecule has 1 nitrogen and oxygen atoms in total. The smallest absolute Gasteiger partial charge is 0.155 e. The lowest BCUT2D eigenvalue weighted by molar-refractivity contribution is -0.113. The van der Waals surface area contributed by atoms with E-state index in [1.165, 1.54) is 0 Å². The lowest BCUT2D eigenvalue weighted by atomic mass is 10.1. The molecular formula is C13H18O. The van der Waals surface area contributed by atoms with Crippen LogP contribution in [-0.2, 0) is 4.79 Å². The van der Waals surface area contributed by atoms with Gasteiger partial charge in [-0.2, -0.15) is 0 Å². The Morgan fingerprint density at radius 1 is 1.07 bits per heavy atom. The summed E-state index contributed by atoms with van der Waals surface area (Å²) in [6, 6.07) is 0. The number of hydrogen-bond donors (Lipinski definition) is 0. The van der Waals surface area contributed by atoms with Gasteiger partial charge in [-0.1, -0.05) is 30.9 Å². The number of rotatable bonds is 4. The van der Waals surface area contributed by atoms with Gasteiger partial charge in [-0.15, -0.1) is 0 Å². The summed E-state index contributed by atoms with van der Waals surface area (Å²) < 4.78 is 0. The van der Waals surface area contributed by atoms with Crippen LogP contribution in [0.25, 0.3) is 0 Å². The molecule has 0 N–H and O–H groups in total. The lowest BCUT2D eigenvalue weighted by Crippen LogP contribution is -1.91. The van der Waals surface area contributed by atoms with Gasteiger partial charge in [0.15, 0.2) is 5.78 Å². The monoisotopic (exact) mass is 190 g/mol. The fourth-order valence-electron chi connectivity index (χ4n) is 0.884. The molecule has 0 aromatic rings. The van der Waals surface area contributed by atoms with E-state index in [-0.39, 0.29) is 5.78 Å². The molecule has 0 heterocycles. The third kappa shape index (κ3) is 4.61. The molecular weight excluding hydrogens is 172 g/mol. The van der Waals surface area contributed by atoms with Crippen LogP contribution in [0.1, 0.15) is 27.7 Å². The average molecular weight is 190 g/mol. The molecule has 0 fully saturated rings. The Labute approximate surface area is 86.5 Å². The summed E-state index contributed by atoms with van der Waals surface area (Å²) in [4.78, 5) is 11.0. The number of allylic oxidation sites excluding steroid dienone is 7. The van der Waals surface area contributed by atoms with Crippen LogP contribution in [0.5, 0.6) is 0 Å². The topological polar surface area (TPSA) is 17.1 Å². The van der Waals surface area contributed by atoms with Crippen molar-refractivity contribution in [1.82, 2.24) is 0 Å². The van der Waals surface area contributed by atoms with E-state index in [4.69, 9.17) is 0 Å². The first kappa shape index (κ1) is 12.6. The fourth-order valence-corrected chi connectivity index (χ4v) is 0.884. The van der Waals surface area contributed by atoms with Crippen LogP contribution >= 0.6 is 0 Å². The van der Waals surface area contributed by atoms with Crippen LogP contribution in [0, 0.1) is 0 Å². The molecule has 0 spiro atoms. The van der Waals surface area contributed by atoms with E-state index in [0.29, 0.717) is 0 Å². The molecule has 0 aliphatic heterocycles. The Morgan fingerprint density at radius 3 is 2.07 bits per heavy atom. The van der Waals surface area contributed by atoms with Crippen molar-refractivity contribution in [2.24, 2.45) is 0 Å². The highest BCUT2D eigenvalue weighted by Gasteiger charge is 1.96. The van der Waals surface area contributed by atoms with Crippen LogP contribution in [-0.4, -0.2) is 5.78 Å². The van der Waals surface area contributed by atoms with Crippen molar-refractivity contribution in [1.29, 1.82) is 0 Å². The summed E-state index contributed by atoms with van der Waals surface area (Å²) in [5, 5.41) is 0. The molecule has 1 heteroatoms. The van der Waals surface area contributed by atoms with Crippen LogP contribution in [0.2, 0.25) is 0 Å². The average Bonchev–Trinajstić information content (AvgIpc) is 2.13. The third-order valence-corrected chi connectivity index (χ3v) is 2.09. The highest BCUT2D eigenvalue weighted by atomic mass is 16.1. The first-order valence-corrected chi connectivity index (χ1v) is 4.65. The quantitative estimate of drug-likeness (QED) is 0.489. The van der Waals surface area contributed by atoms with E-state index in [1.54, 1.807) is 13.0 Å². The molecule has 76 valence electrons. The minimum atomic E-state index is 0.116. The van der Waals surface area contributed by atoms with Crippen molar-refractivity contribution < 1.29 is 4.79 Å². The van der Waals surface area contributed by atoms with E-state index >= 15 is 0 Å². The molecule has 14 heavy (non-hydrogen) atoms. The summed E-state index contributed by atoms with van der Waals surface area (Å²) in [5.41, 5.74) is 3.04. The van der Waals surface area contributed by atoms with Gasteiger partial charge in [0.05, 0.1) is 0 Å². The van der Waals surface area contributed by atoms with Crippen molar-refractivity contribution >= 4 is 5.78 Å². The second kappa shape index (κ2) is 6.14. The molecule has 0 rings (SSSR count). The lowest BCUT2D eigenvalue weighted by Gasteiger charge is -1.99. The Hall–Kier alpha value is -1.37. The van der Waals surface area contributed by atoms with E-state index in [0.717, 1.165) is 16.7 Å². The van der Waals surface area contributed by atoms with Gasteiger partial charge in [0.2, 0.25) is 0 Å². The predicted octanol–water partition coefficient (Wildman–Crippen LogP) is 3.60. The normalized spacial score (nSPS) is 14.1. The standard InChI is InChI=1S/C13H18O/c1-6-7-8-10(2)11(3)9-12(4)13(5)14/h6-9H,1H2,2-5H3/b8-7-,11-10+,12-9+. The third-order valence-electron chi connectivity index (χ3n) is 2.09. The molecule has 0 aliphatic rings. The summed E-state index contributed by atoms with van der Waals surface area (Å²) in [5.74, 6) is 0.116. The second-order valence-electron chi connectivity index (χ2n) is 3.34. The zero-order chi connectivity index (χ0) is 11.1. The Balaban J connectivity index is 4.83. The molecule has 0 bridgehead atoms. The fraction of sp³-hybridized carbons (Fsp3) is 0.308. The van der Waals surface area contributed by atoms with Crippen molar-refractivity contribution in [3.8, 4) is 0 Å². The highest BCUT2D eigenvalue weighted by molar-refractivity contribution is 5.93. The number of Topliss-reactive ketones (excluding diaryl/α,β-unsaturated/α-hetero) is 1. The number of hydrogen-bond acceptors (Lipinski definition) is 1. The minimum Gasteiger partial charge on any atom is -0.295 e. The maximum Gasteiger partial charge on any atom is 0.155 e. The molecule has 0 saturated carbocycles. The molecule has 0 saturated heterocycles. The summed E-state index contributed by atoms with van der Waals surface area (Å²) in [7, 11) is 0. The maximum absolute atomic E-state index is 11.0. The van der Waals surface area contributed by atoms with Gasteiger partial charge < -0.3 is 0 Å². The number of carbonyl (C=O) groups excluding carboxylic acids is 1. The largest absolute Gasteiger partial charge is 0.295 e. The van der Waals surface area contributed by atoms with Gasteiger partial charge in [-0.25, -0.2) is 0 Å². The SMILES string of the molecule is C=C\C=C/C(C)=C(C)/C=C(\C)C(C)=O. The van der Waals surface area contributed by atoms with Crippen LogP contribution in [0.3, 0.4) is 0 Å². The molecule has 0 amide bonds. The molecule has 0 atom stereocenters. The second-order valence-corrected chi connectivity index (χ2v) is 3.34. The van der Waals surface area contributed by atoms with E-state index in [9.17, 15) is 4.79 Å². The van der Waals surface area contributed by atoms with Crippen molar-refractivity contribution in [3.63, 3.8) is 0 Å². The Bertz CT molecular complexity index is 314. The van der Waals surface area contributed by atoms with Gasteiger partial charge in [0, 0.05) is 0 Å². The first-order chi connectivity index (χ1) is 6.49. The molecule has 0 aromatic carbocycles. The highest BCUT2D eigenvalue weighted by Crippen LogP contribution is 2.09. The van der Waals surface area contributed by atoms with Gasteiger partial charge in [-0.05, 0) is 44.4 Å². The van der Waals surface area contributed by atoms with Crippen LogP contribution in [0.4, 0.5) is 0 Å². The Kier molecular flexibility index (Phi) is 5.54. The van der Waals surface area contributed by atoms with Crippen molar-refractivity contribution in [2.45, 2.75) is 27.7 Å². The van der Waals surface area contributed by atoms with Crippen molar-refractivity contribution in [2.75, 3.05) is 0 Å². The Morgan fingerprint density at radius 2 is 1.64 bits per heavy atom. The minimum absolute atomic E-state index is 0.116. The van der Waals surface area contributed by atoms with E-state index in [2.05, 4.69) is 6.58 Å². The summed E-state index contributed by atoms with van der Waals surface area (Å²) in [6.07, 6.45) is 7.51. The van der Waals surface area contributed by atoms with Crippen LogP contribution < -0.4 is 0 Å². The molecule has 0 unspecified atom stereocenters. The zero-order valence-electron chi connectivity index (χ0n) is 9.42.